The smallest absolute Gasteiger partial charge is 0.145 e. The van der Waals surface area contributed by atoms with E-state index in [9.17, 15) is 0 Å². The second-order valence-corrected chi connectivity index (χ2v) is 6.70. The Balaban J connectivity index is 0.00000150. The van der Waals surface area contributed by atoms with Gasteiger partial charge in [-0.2, -0.15) is 5.10 Å². The van der Waals surface area contributed by atoms with Gasteiger partial charge >= 0.3 is 0 Å². The first kappa shape index (κ1) is 22.6. The number of hydrogen-bond acceptors (Lipinski definition) is 5. The van der Waals surface area contributed by atoms with Crippen LogP contribution in [0.4, 0.5) is 5.82 Å². The Morgan fingerprint density at radius 2 is 1.86 bits per heavy atom. The Bertz CT molecular complexity index is 1050. The van der Waals surface area contributed by atoms with Crippen LogP contribution in [0.15, 0.2) is 60.9 Å². The van der Waals surface area contributed by atoms with Gasteiger partial charge in [0.25, 0.3) is 0 Å². The van der Waals surface area contributed by atoms with Gasteiger partial charge in [-0.1, -0.05) is 36.4 Å². The number of nitrogens with two attached hydrogens (primary N) is 1. The summed E-state index contributed by atoms with van der Waals surface area (Å²) in [5, 5.41) is 11.7. The number of hydrogen-bond donors (Lipinski definition) is 3. The molecule has 4 rings (SSSR count). The first-order valence-corrected chi connectivity index (χ1v) is 8.99. The van der Waals surface area contributed by atoms with Crippen molar-refractivity contribution in [2.24, 2.45) is 5.73 Å². The maximum absolute atomic E-state index is 6.25. The number of aryl methyl sites for hydroxylation is 1. The van der Waals surface area contributed by atoms with Crippen LogP contribution in [0.5, 0.6) is 0 Å². The van der Waals surface area contributed by atoms with Crippen molar-refractivity contribution in [2.75, 3.05) is 11.9 Å². The fourth-order valence-corrected chi connectivity index (χ4v) is 3.11. The molecular formula is C21H24Cl2N6. The molecule has 4 aromatic rings. The van der Waals surface area contributed by atoms with Crippen molar-refractivity contribution < 1.29 is 0 Å². The SMILES string of the molecule is Cc1[nH]nc2ccc(-c3cncc(NCC(N)Cc4ccccc4)n3)cc12.Cl.Cl. The van der Waals surface area contributed by atoms with Gasteiger partial charge in [0, 0.05) is 29.2 Å². The third kappa shape index (κ3) is 5.44. The number of halogens is 2. The van der Waals surface area contributed by atoms with Gasteiger partial charge in [0.05, 0.1) is 23.6 Å². The van der Waals surface area contributed by atoms with Gasteiger partial charge in [-0.05, 0) is 31.0 Å². The minimum absolute atomic E-state index is 0. The number of benzene rings is 2. The molecule has 0 saturated heterocycles. The molecule has 0 fully saturated rings. The Kier molecular flexibility index (Phi) is 7.96. The molecule has 0 radical (unpaired) electrons. The number of fused-ring (bicyclic) bond motifs is 1. The highest BCUT2D eigenvalue weighted by molar-refractivity contribution is 5.86. The largest absolute Gasteiger partial charge is 0.367 e. The average Bonchev–Trinajstić information content (AvgIpc) is 3.08. The lowest BCUT2D eigenvalue weighted by atomic mass is 10.1. The van der Waals surface area contributed by atoms with E-state index >= 15 is 0 Å². The summed E-state index contributed by atoms with van der Waals surface area (Å²) in [6.07, 6.45) is 4.31. The van der Waals surface area contributed by atoms with Crippen LogP contribution >= 0.6 is 24.8 Å². The van der Waals surface area contributed by atoms with Crippen LogP contribution < -0.4 is 11.1 Å². The van der Waals surface area contributed by atoms with Gasteiger partial charge < -0.3 is 11.1 Å². The number of aromatic nitrogens is 4. The molecule has 0 aliphatic heterocycles. The minimum atomic E-state index is 0. The van der Waals surface area contributed by atoms with Crippen molar-refractivity contribution in [1.29, 1.82) is 0 Å². The Morgan fingerprint density at radius 3 is 2.66 bits per heavy atom. The molecular weight excluding hydrogens is 407 g/mol. The van der Waals surface area contributed by atoms with Crippen LogP contribution in [0, 0.1) is 6.92 Å². The van der Waals surface area contributed by atoms with E-state index in [-0.39, 0.29) is 30.9 Å². The molecule has 0 spiro atoms. The van der Waals surface area contributed by atoms with Crippen LogP contribution in [0.1, 0.15) is 11.3 Å². The molecule has 4 N–H and O–H groups in total. The first-order valence-electron chi connectivity index (χ1n) is 8.99. The van der Waals surface area contributed by atoms with E-state index in [1.807, 2.05) is 37.3 Å². The summed E-state index contributed by atoms with van der Waals surface area (Å²) in [5.74, 6) is 0.722. The van der Waals surface area contributed by atoms with Crippen molar-refractivity contribution in [3.8, 4) is 11.3 Å². The summed E-state index contributed by atoms with van der Waals surface area (Å²) in [7, 11) is 0. The van der Waals surface area contributed by atoms with Gasteiger partial charge in [-0.15, -0.1) is 24.8 Å². The Labute approximate surface area is 182 Å². The van der Waals surface area contributed by atoms with Crippen LogP contribution in [0.2, 0.25) is 0 Å². The molecule has 29 heavy (non-hydrogen) atoms. The minimum Gasteiger partial charge on any atom is -0.367 e. The number of nitrogens with one attached hydrogen (secondary N) is 2. The maximum atomic E-state index is 6.25. The fraction of sp³-hybridized carbons (Fsp3) is 0.190. The standard InChI is InChI=1S/C21H22N6.2ClH/c1-14-18-10-16(7-8-19(18)27-26-14)20-12-23-13-21(25-20)24-11-17(22)9-15-5-3-2-4-6-15;;/h2-8,10,12-13,17H,9,11,22H2,1H3,(H,24,25)(H,26,27);2*1H. The Hall–Kier alpha value is -2.67. The second kappa shape index (κ2) is 10.2. The molecule has 152 valence electrons. The van der Waals surface area contributed by atoms with Gasteiger partial charge in [0.15, 0.2) is 0 Å². The Morgan fingerprint density at radius 1 is 1.07 bits per heavy atom. The molecule has 0 saturated carbocycles. The lowest BCUT2D eigenvalue weighted by Gasteiger charge is -2.13. The molecule has 2 aromatic carbocycles. The number of rotatable bonds is 6. The zero-order valence-electron chi connectivity index (χ0n) is 16.0. The van der Waals surface area contributed by atoms with Crippen molar-refractivity contribution in [3.05, 3.63) is 72.2 Å². The summed E-state index contributed by atoms with van der Waals surface area (Å²) in [6, 6.07) is 16.3. The highest BCUT2D eigenvalue weighted by Gasteiger charge is 2.08. The molecule has 1 atom stereocenters. The lowest BCUT2D eigenvalue weighted by Crippen LogP contribution is -2.31. The highest BCUT2D eigenvalue weighted by atomic mass is 35.5. The van der Waals surface area contributed by atoms with Gasteiger partial charge in [0.1, 0.15) is 5.82 Å². The van der Waals surface area contributed by atoms with Crippen molar-refractivity contribution in [1.82, 2.24) is 20.2 Å². The predicted molar refractivity (Wildman–Crippen MR) is 123 cm³/mol. The van der Waals surface area contributed by atoms with Crippen LogP contribution in [-0.2, 0) is 6.42 Å². The summed E-state index contributed by atoms with van der Waals surface area (Å²) in [5.41, 5.74) is 11.3. The molecule has 0 bridgehead atoms. The molecule has 0 aliphatic carbocycles. The van der Waals surface area contributed by atoms with E-state index in [0.29, 0.717) is 6.54 Å². The molecule has 6 nitrogen and oxygen atoms in total. The molecule has 0 aliphatic rings. The third-order valence-corrected chi connectivity index (χ3v) is 4.56. The summed E-state index contributed by atoms with van der Waals surface area (Å²) in [6.45, 7) is 2.64. The summed E-state index contributed by atoms with van der Waals surface area (Å²) < 4.78 is 0. The molecule has 1 unspecified atom stereocenters. The summed E-state index contributed by atoms with van der Waals surface area (Å²) in [4.78, 5) is 9.01. The quantitative estimate of drug-likeness (QED) is 0.427. The number of aromatic amines is 1. The molecule has 2 aromatic heterocycles. The monoisotopic (exact) mass is 430 g/mol. The molecule has 2 heterocycles. The lowest BCUT2D eigenvalue weighted by molar-refractivity contribution is 0.697. The van der Waals surface area contributed by atoms with E-state index < -0.39 is 0 Å². The third-order valence-electron chi connectivity index (χ3n) is 4.56. The highest BCUT2D eigenvalue weighted by Crippen LogP contribution is 2.24. The summed E-state index contributed by atoms with van der Waals surface area (Å²) >= 11 is 0. The second-order valence-electron chi connectivity index (χ2n) is 6.70. The topological polar surface area (TPSA) is 92.5 Å². The van der Waals surface area contributed by atoms with Crippen molar-refractivity contribution in [2.45, 2.75) is 19.4 Å². The maximum Gasteiger partial charge on any atom is 0.145 e. The van der Waals surface area contributed by atoms with E-state index in [1.165, 1.54) is 5.56 Å². The van der Waals surface area contributed by atoms with Crippen molar-refractivity contribution in [3.63, 3.8) is 0 Å². The average molecular weight is 431 g/mol. The van der Waals surface area contributed by atoms with Gasteiger partial charge in [-0.25, -0.2) is 4.98 Å². The van der Waals surface area contributed by atoms with E-state index in [1.54, 1.807) is 12.4 Å². The number of anilines is 1. The normalized spacial score (nSPS) is 11.4. The first-order chi connectivity index (χ1) is 13.2. The van der Waals surface area contributed by atoms with Crippen LogP contribution in [-0.4, -0.2) is 32.8 Å². The van der Waals surface area contributed by atoms with Crippen molar-refractivity contribution >= 4 is 41.5 Å². The van der Waals surface area contributed by atoms with Gasteiger partial charge in [-0.3, -0.25) is 10.1 Å². The molecule has 8 heteroatoms. The van der Waals surface area contributed by atoms with Gasteiger partial charge in [0.2, 0.25) is 0 Å². The van der Waals surface area contributed by atoms with E-state index in [2.05, 4.69) is 43.7 Å². The zero-order chi connectivity index (χ0) is 18.6. The predicted octanol–water partition coefficient (Wildman–Crippen LogP) is 4.15. The van der Waals surface area contributed by atoms with Crippen LogP contribution in [0.3, 0.4) is 0 Å². The van der Waals surface area contributed by atoms with Crippen LogP contribution in [0.25, 0.3) is 22.2 Å². The zero-order valence-corrected chi connectivity index (χ0v) is 17.6. The number of H-pyrrole nitrogens is 1. The van der Waals surface area contributed by atoms with E-state index in [0.717, 1.165) is 40.1 Å². The number of nitrogens with zero attached hydrogens (tertiary/aromatic N) is 3. The van der Waals surface area contributed by atoms with E-state index in [4.69, 9.17) is 5.73 Å². The fourth-order valence-electron chi connectivity index (χ4n) is 3.11. The molecule has 0 amide bonds.